The van der Waals surface area contributed by atoms with Crippen molar-refractivity contribution in [3.8, 4) is 0 Å². The van der Waals surface area contributed by atoms with Crippen LogP contribution in [0.3, 0.4) is 0 Å². The molecular formula is C18H28N2O. The number of aryl methyl sites for hydroxylation is 2. The molecule has 0 radical (unpaired) electrons. The summed E-state index contributed by atoms with van der Waals surface area (Å²) in [5.41, 5.74) is 3.33. The first kappa shape index (κ1) is 16.0. The van der Waals surface area contributed by atoms with Gasteiger partial charge in [-0.25, -0.2) is 0 Å². The van der Waals surface area contributed by atoms with Crippen LogP contribution in [0.5, 0.6) is 0 Å². The summed E-state index contributed by atoms with van der Waals surface area (Å²) in [5.74, 6) is 0.744. The number of hydrogen-bond acceptors (Lipinski definition) is 2. The summed E-state index contributed by atoms with van der Waals surface area (Å²) in [6.07, 6.45) is 6.01. The van der Waals surface area contributed by atoms with Crippen LogP contribution in [0.1, 0.15) is 50.7 Å². The van der Waals surface area contributed by atoms with Gasteiger partial charge in [0, 0.05) is 11.7 Å². The molecule has 0 saturated heterocycles. The Hall–Kier alpha value is -1.35. The van der Waals surface area contributed by atoms with Gasteiger partial charge in [0.2, 0.25) is 5.91 Å². The Morgan fingerprint density at radius 2 is 2.05 bits per heavy atom. The van der Waals surface area contributed by atoms with Crippen molar-refractivity contribution in [3.63, 3.8) is 0 Å². The van der Waals surface area contributed by atoms with Gasteiger partial charge < -0.3 is 10.6 Å². The Balaban J connectivity index is 1.90. The molecular weight excluding hydrogens is 260 g/mol. The molecule has 1 amide bonds. The summed E-state index contributed by atoms with van der Waals surface area (Å²) >= 11 is 0. The van der Waals surface area contributed by atoms with E-state index in [9.17, 15) is 4.79 Å². The van der Waals surface area contributed by atoms with E-state index in [1.54, 1.807) is 0 Å². The highest BCUT2D eigenvalue weighted by molar-refractivity contribution is 5.93. The monoisotopic (exact) mass is 288 g/mol. The predicted octanol–water partition coefficient (Wildman–Crippen LogP) is 3.66. The first-order valence-electron chi connectivity index (χ1n) is 8.23. The van der Waals surface area contributed by atoms with Gasteiger partial charge in [-0.1, -0.05) is 44.9 Å². The van der Waals surface area contributed by atoms with Gasteiger partial charge in [0.25, 0.3) is 0 Å². The number of benzene rings is 1. The van der Waals surface area contributed by atoms with Crippen LogP contribution < -0.4 is 10.6 Å². The lowest BCUT2D eigenvalue weighted by Crippen LogP contribution is -2.41. The molecule has 3 heteroatoms. The van der Waals surface area contributed by atoms with Crippen LogP contribution in [0.15, 0.2) is 18.2 Å². The van der Waals surface area contributed by atoms with Crippen LogP contribution in [0, 0.1) is 12.8 Å². The van der Waals surface area contributed by atoms with Crippen molar-refractivity contribution in [1.82, 2.24) is 5.32 Å². The SMILES string of the molecule is CCc1cccc(C)c1NC(=O)CN[C@@H]1CCCC[C@@H]1C. The largest absolute Gasteiger partial charge is 0.324 e. The molecule has 2 rings (SSSR count). The van der Waals surface area contributed by atoms with Gasteiger partial charge in [-0.2, -0.15) is 0 Å². The minimum Gasteiger partial charge on any atom is -0.324 e. The van der Waals surface area contributed by atoms with Crippen molar-refractivity contribution in [3.05, 3.63) is 29.3 Å². The highest BCUT2D eigenvalue weighted by atomic mass is 16.1. The molecule has 0 aromatic heterocycles. The number of carbonyl (C=O) groups excluding carboxylic acids is 1. The van der Waals surface area contributed by atoms with E-state index in [1.807, 2.05) is 19.1 Å². The molecule has 1 saturated carbocycles. The molecule has 1 aliphatic rings. The third-order valence-electron chi connectivity index (χ3n) is 4.64. The molecule has 21 heavy (non-hydrogen) atoms. The molecule has 1 fully saturated rings. The Morgan fingerprint density at radius 3 is 2.76 bits per heavy atom. The maximum Gasteiger partial charge on any atom is 0.238 e. The fraction of sp³-hybridized carbons (Fsp3) is 0.611. The second kappa shape index (κ2) is 7.60. The van der Waals surface area contributed by atoms with Crippen LogP contribution >= 0.6 is 0 Å². The molecule has 3 nitrogen and oxygen atoms in total. The van der Waals surface area contributed by atoms with Gasteiger partial charge in [0.05, 0.1) is 6.54 Å². The molecule has 0 bridgehead atoms. The van der Waals surface area contributed by atoms with E-state index in [0.29, 0.717) is 18.5 Å². The van der Waals surface area contributed by atoms with Crippen LogP contribution in [0.4, 0.5) is 5.69 Å². The Labute approximate surface area is 128 Å². The number of carbonyl (C=O) groups is 1. The lowest BCUT2D eigenvalue weighted by atomic mass is 9.86. The quantitative estimate of drug-likeness (QED) is 0.868. The molecule has 2 N–H and O–H groups in total. The van der Waals surface area contributed by atoms with E-state index in [1.165, 1.54) is 31.2 Å². The molecule has 0 unspecified atom stereocenters. The number of anilines is 1. The Kier molecular flexibility index (Phi) is 5.80. The van der Waals surface area contributed by atoms with Crippen LogP contribution in [0.25, 0.3) is 0 Å². The van der Waals surface area contributed by atoms with Crippen molar-refractivity contribution in [2.75, 3.05) is 11.9 Å². The second-order valence-corrected chi connectivity index (χ2v) is 6.26. The van der Waals surface area contributed by atoms with E-state index in [-0.39, 0.29) is 5.91 Å². The average Bonchev–Trinajstić information content (AvgIpc) is 2.48. The number of amides is 1. The van der Waals surface area contributed by atoms with Gasteiger partial charge in [-0.05, 0) is 43.2 Å². The molecule has 1 aromatic carbocycles. The number of para-hydroxylation sites is 1. The van der Waals surface area contributed by atoms with Gasteiger partial charge in [0.1, 0.15) is 0 Å². The molecule has 116 valence electrons. The zero-order valence-electron chi connectivity index (χ0n) is 13.5. The van der Waals surface area contributed by atoms with E-state index in [2.05, 4.69) is 30.5 Å². The molecule has 1 aliphatic carbocycles. The summed E-state index contributed by atoms with van der Waals surface area (Å²) in [6.45, 7) is 6.86. The Morgan fingerprint density at radius 1 is 1.29 bits per heavy atom. The number of rotatable bonds is 5. The van der Waals surface area contributed by atoms with Crippen molar-refractivity contribution in [2.45, 2.75) is 58.9 Å². The maximum atomic E-state index is 12.2. The topological polar surface area (TPSA) is 41.1 Å². The van der Waals surface area contributed by atoms with E-state index >= 15 is 0 Å². The zero-order valence-corrected chi connectivity index (χ0v) is 13.5. The molecule has 1 aromatic rings. The fourth-order valence-electron chi connectivity index (χ4n) is 3.23. The van der Waals surface area contributed by atoms with E-state index in [4.69, 9.17) is 0 Å². The summed E-state index contributed by atoms with van der Waals surface area (Å²) in [7, 11) is 0. The van der Waals surface area contributed by atoms with Gasteiger partial charge in [-0.3, -0.25) is 4.79 Å². The lowest BCUT2D eigenvalue weighted by Gasteiger charge is -2.29. The lowest BCUT2D eigenvalue weighted by molar-refractivity contribution is -0.115. The van der Waals surface area contributed by atoms with E-state index < -0.39 is 0 Å². The standard InChI is InChI=1S/C18H28N2O/c1-4-15-10-7-9-14(3)18(15)20-17(21)12-19-16-11-6-5-8-13(16)2/h7,9-10,13,16,19H,4-6,8,11-12H2,1-3H3,(H,20,21)/t13-,16+/m0/s1. The molecule has 0 aliphatic heterocycles. The van der Waals surface area contributed by atoms with Crippen LogP contribution in [-0.2, 0) is 11.2 Å². The first-order chi connectivity index (χ1) is 10.1. The zero-order chi connectivity index (χ0) is 15.2. The fourth-order valence-corrected chi connectivity index (χ4v) is 3.23. The van der Waals surface area contributed by atoms with Crippen LogP contribution in [0.2, 0.25) is 0 Å². The summed E-state index contributed by atoms with van der Waals surface area (Å²) in [6, 6.07) is 6.67. The molecule has 2 atom stereocenters. The average molecular weight is 288 g/mol. The minimum atomic E-state index is 0.0665. The number of hydrogen-bond donors (Lipinski definition) is 2. The summed E-state index contributed by atoms with van der Waals surface area (Å²) in [5, 5.41) is 6.52. The molecule has 0 heterocycles. The van der Waals surface area contributed by atoms with E-state index in [0.717, 1.165) is 17.7 Å². The van der Waals surface area contributed by atoms with Gasteiger partial charge in [0.15, 0.2) is 0 Å². The normalized spacial score (nSPS) is 22.0. The third-order valence-corrected chi connectivity index (χ3v) is 4.64. The minimum absolute atomic E-state index is 0.0665. The van der Waals surface area contributed by atoms with Crippen LogP contribution in [-0.4, -0.2) is 18.5 Å². The smallest absolute Gasteiger partial charge is 0.238 e. The first-order valence-corrected chi connectivity index (χ1v) is 8.23. The number of nitrogens with one attached hydrogen (secondary N) is 2. The highest BCUT2D eigenvalue weighted by Gasteiger charge is 2.21. The van der Waals surface area contributed by atoms with Crippen molar-refractivity contribution in [1.29, 1.82) is 0 Å². The highest BCUT2D eigenvalue weighted by Crippen LogP contribution is 2.24. The van der Waals surface area contributed by atoms with Crippen molar-refractivity contribution < 1.29 is 4.79 Å². The van der Waals surface area contributed by atoms with Crippen molar-refractivity contribution in [2.24, 2.45) is 5.92 Å². The summed E-state index contributed by atoms with van der Waals surface area (Å²) in [4.78, 5) is 12.2. The second-order valence-electron chi connectivity index (χ2n) is 6.26. The van der Waals surface area contributed by atoms with Gasteiger partial charge in [-0.15, -0.1) is 0 Å². The summed E-state index contributed by atoms with van der Waals surface area (Å²) < 4.78 is 0. The predicted molar refractivity (Wildman–Crippen MR) is 88.6 cm³/mol. The maximum absolute atomic E-state index is 12.2. The van der Waals surface area contributed by atoms with Crippen molar-refractivity contribution >= 4 is 11.6 Å². The Bertz CT molecular complexity index is 484. The third kappa shape index (κ3) is 4.31. The molecule has 0 spiro atoms. The van der Waals surface area contributed by atoms with Gasteiger partial charge >= 0.3 is 0 Å².